The minimum atomic E-state index is -0.876. The number of likely N-dealkylation sites (tertiary alicyclic amines) is 1. The molecule has 2 N–H and O–H groups in total. The Morgan fingerprint density at radius 2 is 1.96 bits per heavy atom. The molecular weight excluding hydrogens is 330 g/mol. The van der Waals surface area contributed by atoms with Crippen LogP contribution in [0.15, 0.2) is 24.3 Å². The molecule has 1 saturated heterocycles. The third kappa shape index (κ3) is 3.84. The fourth-order valence-electron chi connectivity index (χ4n) is 2.89. The molecule has 132 valence electrons. The molecule has 2 aromatic rings. The molecule has 1 aromatic carbocycles. The van der Waals surface area contributed by atoms with E-state index in [1.807, 2.05) is 6.92 Å². The summed E-state index contributed by atoms with van der Waals surface area (Å²) in [6.07, 6.45) is 0.952. The van der Waals surface area contributed by atoms with Crippen molar-refractivity contribution in [3.05, 3.63) is 47.2 Å². The summed E-state index contributed by atoms with van der Waals surface area (Å²) in [4.78, 5) is 26.1. The van der Waals surface area contributed by atoms with Gasteiger partial charge in [0.1, 0.15) is 11.6 Å². The molecule has 8 heteroatoms. The van der Waals surface area contributed by atoms with E-state index in [1.165, 1.54) is 4.90 Å². The van der Waals surface area contributed by atoms with E-state index in [1.54, 1.807) is 6.07 Å². The maximum Gasteiger partial charge on any atom is 0.256 e. The first-order chi connectivity index (χ1) is 11.9. The number of hydrogen-bond donors (Lipinski definition) is 2. The third-order valence-corrected chi connectivity index (χ3v) is 4.27. The van der Waals surface area contributed by atoms with E-state index in [4.69, 9.17) is 0 Å². The van der Waals surface area contributed by atoms with Gasteiger partial charge in [-0.3, -0.25) is 14.7 Å². The van der Waals surface area contributed by atoms with Crippen LogP contribution in [0.25, 0.3) is 0 Å². The summed E-state index contributed by atoms with van der Waals surface area (Å²) in [6, 6.07) is 4.63. The highest BCUT2D eigenvalue weighted by Gasteiger charge is 2.29. The van der Waals surface area contributed by atoms with Crippen LogP contribution in [0, 0.1) is 24.5 Å². The summed E-state index contributed by atoms with van der Waals surface area (Å²) >= 11 is 0. The average molecular weight is 348 g/mol. The van der Waals surface area contributed by atoms with Crippen LogP contribution in [0.5, 0.6) is 0 Å². The summed E-state index contributed by atoms with van der Waals surface area (Å²) in [5.74, 6) is -2.00. The number of benzene rings is 1. The normalized spacial score (nSPS) is 15.2. The Hall–Kier alpha value is -2.77. The number of anilines is 1. The lowest BCUT2D eigenvalue weighted by atomic mass is 9.95. The van der Waals surface area contributed by atoms with Gasteiger partial charge in [-0.2, -0.15) is 5.10 Å². The first-order valence-electron chi connectivity index (χ1n) is 8.01. The fraction of sp³-hybridized carbons (Fsp3) is 0.353. The number of aryl methyl sites for hydroxylation is 1. The van der Waals surface area contributed by atoms with Crippen molar-refractivity contribution in [2.75, 3.05) is 18.4 Å². The molecule has 0 radical (unpaired) electrons. The fourth-order valence-corrected chi connectivity index (χ4v) is 2.89. The predicted octanol–water partition coefficient (Wildman–Crippen LogP) is 2.49. The van der Waals surface area contributed by atoms with Crippen LogP contribution in [0.1, 0.15) is 28.9 Å². The molecule has 1 fully saturated rings. The third-order valence-electron chi connectivity index (χ3n) is 4.27. The van der Waals surface area contributed by atoms with Gasteiger partial charge in [0.25, 0.3) is 5.91 Å². The maximum absolute atomic E-state index is 13.7. The smallest absolute Gasteiger partial charge is 0.256 e. The molecule has 1 aliphatic heterocycles. The van der Waals surface area contributed by atoms with Gasteiger partial charge in [0.2, 0.25) is 5.91 Å². The number of carbonyl (C=O) groups excluding carboxylic acids is 2. The van der Waals surface area contributed by atoms with Crippen LogP contribution in [-0.2, 0) is 4.79 Å². The van der Waals surface area contributed by atoms with E-state index in [0.29, 0.717) is 37.8 Å². The number of amides is 2. The average Bonchev–Trinajstić information content (AvgIpc) is 2.99. The van der Waals surface area contributed by atoms with Gasteiger partial charge in [-0.15, -0.1) is 0 Å². The number of halogens is 2. The second kappa shape index (κ2) is 7.00. The van der Waals surface area contributed by atoms with Gasteiger partial charge in [0.15, 0.2) is 5.82 Å². The number of aromatic amines is 1. The van der Waals surface area contributed by atoms with Crippen LogP contribution >= 0.6 is 0 Å². The summed E-state index contributed by atoms with van der Waals surface area (Å²) < 4.78 is 26.7. The Balaban J connectivity index is 1.57. The molecule has 0 atom stereocenters. The van der Waals surface area contributed by atoms with E-state index in [2.05, 4.69) is 15.5 Å². The highest BCUT2D eigenvalue weighted by atomic mass is 19.1. The number of rotatable bonds is 3. The van der Waals surface area contributed by atoms with Crippen LogP contribution in [0.4, 0.5) is 14.6 Å². The predicted molar refractivity (Wildman–Crippen MR) is 86.9 cm³/mol. The van der Waals surface area contributed by atoms with E-state index in [0.717, 1.165) is 17.8 Å². The molecule has 1 aliphatic rings. The lowest BCUT2D eigenvalue weighted by Crippen LogP contribution is -2.41. The SMILES string of the molecule is Cc1cc(NC(=O)C2CCN(C(=O)c3ccc(F)cc3F)CC2)n[nH]1. The second-order valence-electron chi connectivity index (χ2n) is 6.12. The first kappa shape index (κ1) is 17.1. The standard InChI is InChI=1S/C17H18F2N4O2/c1-10-8-15(22-21-10)20-16(24)11-4-6-23(7-5-11)17(25)13-3-2-12(18)9-14(13)19/h2-3,8-9,11H,4-7H2,1H3,(H2,20,21,22,24). The second-order valence-corrected chi connectivity index (χ2v) is 6.12. The highest BCUT2D eigenvalue weighted by molar-refractivity contribution is 5.95. The summed E-state index contributed by atoms with van der Waals surface area (Å²) in [5.41, 5.74) is 0.688. The van der Waals surface area contributed by atoms with Crippen LogP contribution in [-0.4, -0.2) is 40.0 Å². The van der Waals surface area contributed by atoms with Crippen LogP contribution in [0.3, 0.4) is 0 Å². The zero-order valence-electron chi connectivity index (χ0n) is 13.7. The van der Waals surface area contributed by atoms with Gasteiger partial charge >= 0.3 is 0 Å². The quantitative estimate of drug-likeness (QED) is 0.894. The molecule has 2 heterocycles. The van der Waals surface area contributed by atoms with Gasteiger partial charge in [-0.05, 0) is 31.9 Å². The highest BCUT2D eigenvalue weighted by Crippen LogP contribution is 2.22. The number of piperidine rings is 1. The van der Waals surface area contributed by atoms with Crippen molar-refractivity contribution >= 4 is 17.6 Å². The minimum Gasteiger partial charge on any atom is -0.339 e. The number of hydrogen-bond acceptors (Lipinski definition) is 3. The molecular formula is C17H18F2N4O2. The van der Waals surface area contributed by atoms with Crippen molar-refractivity contribution in [3.8, 4) is 0 Å². The Kier molecular flexibility index (Phi) is 4.78. The molecule has 1 aromatic heterocycles. The van der Waals surface area contributed by atoms with Gasteiger partial charge in [0.05, 0.1) is 5.56 Å². The summed E-state index contributed by atoms with van der Waals surface area (Å²) in [6.45, 7) is 2.52. The molecule has 0 unspecified atom stereocenters. The number of carbonyl (C=O) groups is 2. The molecule has 25 heavy (non-hydrogen) atoms. The molecule has 0 saturated carbocycles. The maximum atomic E-state index is 13.7. The van der Waals surface area contributed by atoms with Gasteiger partial charge in [0, 0.05) is 36.8 Å². The number of aromatic nitrogens is 2. The monoisotopic (exact) mass is 348 g/mol. The topological polar surface area (TPSA) is 78.1 Å². The lowest BCUT2D eigenvalue weighted by Gasteiger charge is -2.31. The molecule has 0 bridgehead atoms. The number of nitrogens with one attached hydrogen (secondary N) is 2. The summed E-state index contributed by atoms with van der Waals surface area (Å²) in [7, 11) is 0. The zero-order valence-corrected chi connectivity index (χ0v) is 13.7. The van der Waals surface area contributed by atoms with Crippen molar-refractivity contribution in [2.45, 2.75) is 19.8 Å². The molecule has 0 spiro atoms. The Morgan fingerprint density at radius 3 is 2.56 bits per heavy atom. The van der Waals surface area contributed by atoms with Gasteiger partial charge in [-0.1, -0.05) is 0 Å². The zero-order chi connectivity index (χ0) is 18.0. The lowest BCUT2D eigenvalue weighted by molar-refractivity contribution is -0.121. The molecule has 0 aliphatic carbocycles. The van der Waals surface area contributed by atoms with Gasteiger partial charge in [-0.25, -0.2) is 8.78 Å². The van der Waals surface area contributed by atoms with Crippen LogP contribution < -0.4 is 5.32 Å². The first-order valence-corrected chi connectivity index (χ1v) is 8.01. The molecule has 2 amide bonds. The Morgan fingerprint density at radius 1 is 1.24 bits per heavy atom. The Labute approximate surface area is 143 Å². The largest absolute Gasteiger partial charge is 0.339 e. The Bertz CT molecular complexity index is 798. The van der Waals surface area contributed by atoms with Crippen molar-refractivity contribution in [1.82, 2.24) is 15.1 Å². The van der Waals surface area contributed by atoms with Crippen LogP contribution in [0.2, 0.25) is 0 Å². The van der Waals surface area contributed by atoms with E-state index in [-0.39, 0.29) is 17.4 Å². The number of H-pyrrole nitrogens is 1. The van der Waals surface area contributed by atoms with Crippen molar-refractivity contribution in [3.63, 3.8) is 0 Å². The van der Waals surface area contributed by atoms with E-state index < -0.39 is 17.5 Å². The van der Waals surface area contributed by atoms with Crippen molar-refractivity contribution < 1.29 is 18.4 Å². The van der Waals surface area contributed by atoms with Crippen molar-refractivity contribution in [1.29, 1.82) is 0 Å². The van der Waals surface area contributed by atoms with Gasteiger partial charge < -0.3 is 10.2 Å². The molecule has 6 nitrogen and oxygen atoms in total. The van der Waals surface area contributed by atoms with E-state index in [9.17, 15) is 18.4 Å². The molecule has 3 rings (SSSR count). The minimum absolute atomic E-state index is 0.147. The van der Waals surface area contributed by atoms with E-state index >= 15 is 0 Å². The summed E-state index contributed by atoms with van der Waals surface area (Å²) in [5, 5.41) is 9.44. The number of nitrogens with zero attached hydrogens (tertiary/aromatic N) is 2. The van der Waals surface area contributed by atoms with Crippen molar-refractivity contribution in [2.24, 2.45) is 5.92 Å².